The molecule has 0 unspecified atom stereocenters. The molecule has 0 bridgehead atoms. The summed E-state index contributed by atoms with van der Waals surface area (Å²) < 4.78 is 11.5. The van der Waals surface area contributed by atoms with Gasteiger partial charge in [-0.2, -0.15) is 0 Å². The van der Waals surface area contributed by atoms with Crippen LogP contribution in [0.1, 0.15) is 31.7 Å². The number of nitrogen functional groups attached to an aromatic ring is 1. The molecule has 0 radical (unpaired) electrons. The minimum atomic E-state index is -0.0569. The molecule has 1 aromatic rings. The smallest absolute Gasteiger partial charge is 0.120 e. The molecule has 5 N–H and O–H groups in total. The first kappa shape index (κ1) is 19.2. The molecular formula is C20H29N5O2. The van der Waals surface area contributed by atoms with Crippen LogP contribution < -0.4 is 15.8 Å². The van der Waals surface area contributed by atoms with Crippen molar-refractivity contribution in [1.29, 1.82) is 10.8 Å². The molecule has 0 atom stereocenters. The minimum Gasteiger partial charge on any atom is -0.487 e. The summed E-state index contributed by atoms with van der Waals surface area (Å²) in [4.78, 5) is 2.12. The maximum Gasteiger partial charge on any atom is 0.120 e. The Kier molecular flexibility index (Phi) is 5.70. The monoisotopic (exact) mass is 371 g/mol. The predicted octanol–water partition coefficient (Wildman–Crippen LogP) is 2.37. The second kappa shape index (κ2) is 8.00. The lowest BCUT2D eigenvalue weighted by atomic mass is 10.0. The van der Waals surface area contributed by atoms with E-state index < -0.39 is 0 Å². The number of benzene rings is 1. The number of allylic oxidation sites excluding steroid dienone is 1. The normalized spacial score (nSPS) is 18.7. The van der Waals surface area contributed by atoms with Crippen LogP contribution in [-0.4, -0.2) is 55.3 Å². The Hall–Kier alpha value is -2.54. The van der Waals surface area contributed by atoms with Crippen LogP contribution in [0.5, 0.6) is 5.75 Å². The van der Waals surface area contributed by atoms with Gasteiger partial charge in [-0.15, -0.1) is 0 Å². The summed E-state index contributed by atoms with van der Waals surface area (Å²) in [7, 11) is 1.82. The number of nitrogens with two attached hydrogens (primary N) is 1. The lowest BCUT2D eigenvalue weighted by Gasteiger charge is -2.30. The molecule has 1 aliphatic heterocycles. The summed E-state index contributed by atoms with van der Waals surface area (Å²) in [5.41, 5.74) is 7.22. The Balaban J connectivity index is 1.77. The van der Waals surface area contributed by atoms with Crippen LogP contribution in [0, 0.1) is 10.8 Å². The van der Waals surface area contributed by atoms with Crippen LogP contribution in [-0.2, 0) is 4.74 Å². The van der Waals surface area contributed by atoms with Crippen molar-refractivity contribution in [2.75, 3.05) is 39.1 Å². The van der Waals surface area contributed by atoms with Crippen molar-refractivity contribution in [1.82, 2.24) is 10.2 Å². The molecule has 3 rings (SSSR count). The second-order valence-corrected chi connectivity index (χ2v) is 7.06. The van der Waals surface area contributed by atoms with Crippen molar-refractivity contribution in [2.24, 2.45) is 0 Å². The first-order chi connectivity index (χ1) is 13.0. The molecule has 1 saturated heterocycles. The number of hydrogen-bond donors (Lipinski definition) is 4. The van der Waals surface area contributed by atoms with Crippen LogP contribution in [0.25, 0.3) is 0 Å². The third kappa shape index (κ3) is 4.42. The quantitative estimate of drug-likeness (QED) is 0.414. The van der Waals surface area contributed by atoms with E-state index >= 15 is 0 Å². The first-order valence-electron chi connectivity index (χ1n) is 9.46. The minimum absolute atomic E-state index is 0.0569. The van der Waals surface area contributed by atoms with Gasteiger partial charge in [-0.05, 0) is 37.5 Å². The van der Waals surface area contributed by atoms with E-state index in [9.17, 15) is 0 Å². The summed E-state index contributed by atoms with van der Waals surface area (Å²) in [5, 5.41) is 20.0. The van der Waals surface area contributed by atoms with Gasteiger partial charge >= 0.3 is 0 Å². The average molecular weight is 371 g/mol. The Morgan fingerprint density at radius 2 is 2.04 bits per heavy atom. The molecule has 2 fully saturated rings. The highest BCUT2D eigenvalue weighted by Gasteiger charge is 2.43. The van der Waals surface area contributed by atoms with Gasteiger partial charge in [-0.3, -0.25) is 10.8 Å². The number of nitrogens with zero attached hydrogens (tertiary/aromatic N) is 1. The summed E-state index contributed by atoms with van der Waals surface area (Å²) >= 11 is 0. The van der Waals surface area contributed by atoms with Crippen LogP contribution in [0.4, 0.5) is 5.69 Å². The van der Waals surface area contributed by atoms with Crippen molar-refractivity contribution < 1.29 is 9.47 Å². The Labute approximate surface area is 160 Å². The highest BCUT2D eigenvalue weighted by Crippen LogP contribution is 2.43. The summed E-state index contributed by atoms with van der Waals surface area (Å²) in [6.07, 6.45) is 4.76. The van der Waals surface area contributed by atoms with Gasteiger partial charge in [-0.25, -0.2) is 0 Å². The maximum absolute atomic E-state index is 8.47. The fraction of sp³-hybridized carbons (Fsp3) is 0.500. The largest absolute Gasteiger partial charge is 0.487 e. The van der Waals surface area contributed by atoms with E-state index in [1.165, 1.54) is 0 Å². The summed E-state index contributed by atoms with van der Waals surface area (Å²) in [6.45, 7) is 4.97. The van der Waals surface area contributed by atoms with Gasteiger partial charge in [0.2, 0.25) is 0 Å². The lowest BCUT2D eigenvalue weighted by Crippen LogP contribution is -2.40. The number of rotatable bonds is 8. The molecule has 7 heteroatoms. The number of nitrogens with one attached hydrogen (secondary N) is 3. The zero-order valence-electron chi connectivity index (χ0n) is 16.1. The van der Waals surface area contributed by atoms with E-state index in [4.69, 9.17) is 26.0 Å². The molecule has 1 saturated carbocycles. The number of anilines is 1. The molecule has 1 heterocycles. The topological polar surface area (TPSA) is 107 Å². The van der Waals surface area contributed by atoms with E-state index in [0.717, 1.165) is 38.2 Å². The standard InChI is InChI=1S/C20H29N5O2/c1-3-20(6-7-20)27-14-4-5-16(21)15(12-14)19(23)17(22)13-18(24-2)25-8-10-26-11-9-25/h4-5,12-13,22-24H,3,6-11,21H2,1-2H3/b18-13+,22-17?,23-19?. The molecule has 27 heavy (non-hydrogen) atoms. The summed E-state index contributed by atoms with van der Waals surface area (Å²) in [6, 6.07) is 5.38. The molecule has 2 aliphatic rings. The zero-order valence-corrected chi connectivity index (χ0v) is 16.1. The van der Waals surface area contributed by atoms with Crippen LogP contribution in [0.2, 0.25) is 0 Å². The molecule has 0 amide bonds. The molecule has 1 aromatic carbocycles. The molecule has 0 spiro atoms. The predicted molar refractivity (Wildman–Crippen MR) is 108 cm³/mol. The van der Waals surface area contributed by atoms with Crippen LogP contribution in [0.3, 0.4) is 0 Å². The van der Waals surface area contributed by atoms with Crippen molar-refractivity contribution >= 4 is 17.1 Å². The van der Waals surface area contributed by atoms with E-state index in [1.807, 2.05) is 13.1 Å². The third-order valence-electron chi connectivity index (χ3n) is 5.24. The van der Waals surface area contributed by atoms with E-state index in [2.05, 4.69) is 17.1 Å². The van der Waals surface area contributed by atoms with Gasteiger partial charge < -0.3 is 25.4 Å². The van der Waals surface area contributed by atoms with Gasteiger partial charge in [0.05, 0.1) is 24.6 Å². The number of ether oxygens (including phenoxy) is 2. The van der Waals surface area contributed by atoms with Crippen LogP contribution in [0.15, 0.2) is 30.1 Å². The highest BCUT2D eigenvalue weighted by atomic mass is 16.5. The molecule has 0 aromatic heterocycles. The van der Waals surface area contributed by atoms with E-state index in [-0.39, 0.29) is 17.0 Å². The fourth-order valence-electron chi connectivity index (χ4n) is 3.21. The molecule has 146 valence electrons. The average Bonchev–Trinajstić information content (AvgIpc) is 3.47. The maximum atomic E-state index is 8.47. The van der Waals surface area contributed by atoms with Gasteiger partial charge in [0.15, 0.2) is 0 Å². The first-order valence-corrected chi connectivity index (χ1v) is 9.46. The van der Waals surface area contributed by atoms with Crippen molar-refractivity contribution in [3.63, 3.8) is 0 Å². The lowest BCUT2D eigenvalue weighted by molar-refractivity contribution is 0.0510. The molecular weight excluding hydrogens is 342 g/mol. The van der Waals surface area contributed by atoms with Gasteiger partial charge in [0, 0.05) is 37.5 Å². The van der Waals surface area contributed by atoms with Gasteiger partial charge in [0.25, 0.3) is 0 Å². The van der Waals surface area contributed by atoms with Crippen molar-refractivity contribution in [3.8, 4) is 5.75 Å². The number of hydrogen-bond acceptors (Lipinski definition) is 7. The third-order valence-corrected chi connectivity index (χ3v) is 5.24. The summed E-state index contributed by atoms with van der Waals surface area (Å²) in [5.74, 6) is 1.52. The fourth-order valence-corrected chi connectivity index (χ4v) is 3.21. The van der Waals surface area contributed by atoms with Crippen molar-refractivity contribution in [3.05, 3.63) is 35.7 Å². The highest BCUT2D eigenvalue weighted by molar-refractivity contribution is 6.50. The molecule has 1 aliphatic carbocycles. The van der Waals surface area contributed by atoms with Crippen LogP contribution >= 0.6 is 0 Å². The zero-order chi connectivity index (χ0) is 19.4. The SMILES string of the molecule is CCC1(Oc2ccc(N)c(C(=N)C(=N)/C=C(\NC)N3CCOCC3)c2)CC1. The van der Waals surface area contributed by atoms with Crippen molar-refractivity contribution in [2.45, 2.75) is 31.8 Å². The van der Waals surface area contributed by atoms with E-state index in [1.54, 1.807) is 18.2 Å². The number of morpholine rings is 1. The van der Waals surface area contributed by atoms with Gasteiger partial charge in [0.1, 0.15) is 17.2 Å². The Morgan fingerprint density at radius 3 is 2.63 bits per heavy atom. The van der Waals surface area contributed by atoms with Gasteiger partial charge in [-0.1, -0.05) is 6.92 Å². The Bertz CT molecular complexity index is 749. The van der Waals surface area contributed by atoms with E-state index in [0.29, 0.717) is 30.2 Å². The Morgan fingerprint density at radius 1 is 1.33 bits per heavy atom. The second-order valence-electron chi connectivity index (χ2n) is 7.06. The molecule has 7 nitrogen and oxygen atoms in total.